The first kappa shape index (κ1) is 19.4. The van der Waals surface area contributed by atoms with Gasteiger partial charge in [0, 0.05) is 23.4 Å². The van der Waals surface area contributed by atoms with Crippen LogP contribution >= 0.6 is 0 Å². The number of urea groups is 1. The third-order valence-electron chi connectivity index (χ3n) is 6.84. The topological polar surface area (TPSA) is 59.0 Å². The Morgan fingerprint density at radius 3 is 2.30 bits per heavy atom. The van der Waals surface area contributed by atoms with Crippen molar-refractivity contribution in [2.24, 2.45) is 17.8 Å². The van der Waals surface area contributed by atoms with Gasteiger partial charge >= 0.3 is 6.03 Å². The molecule has 0 saturated heterocycles. The number of nitrogens with zero attached hydrogens (tertiary/aromatic N) is 2. The van der Waals surface area contributed by atoms with Crippen LogP contribution in [0.1, 0.15) is 44.1 Å². The molecule has 0 spiro atoms. The fourth-order valence-electron chi connectivity index (χ4n) is 6.09. The zero-order valence-electron chi connectivity index (χ0n) is 16.2. The van der Waals surface area contributed by atoms with Crippen molar-refractivity contribution in [1.82, 2.24) is 15.1 Å². The molecule has 160 valence electrons. The molecule has 4 bridgehead atoms. The van der Waals surface area contributed by atoms with Gasteiger partial charge in [-0.25, -0.2) is 22.4 Å². The van der Waals surface area contributed by atoms with Crippen LogP contribution in [0.5, 0.6) is 0 Å². The minimum absolute atomic E-state index is 0.146. The molecule has 0 atom stereocenters. The van der Waals surface area contributed by atoms with Gasteiger partial charge in [0.1, 0.15) is 5.82 Å². The summed E-state index contributed by atoms with van der Waals surface area (Å²) >= 11 is 0. The lowest BCUT2D eigenvalue weighted by atomic mass is 9.53. The quantitative estimate of drug-likeness (QED) is 0.431. The Balaban J connectivity index is 1.25. The molecular weight excluding hydrogens is 400 g/mol. The third kappa shape index (κ3) is 3.44. The number of carbonyl (C=O) groups excluding carboxylic acids is 1. The summed E-state index contributed by atoms with van der Waals surface area (Å²) < 4.78 is 55.3. The average molecular weight is 422 g/mol. The number of carbonyl (C=O) groups is 1. The second-order valence-corrected chi connectivity index (χ2v) is 9.15. The van der Waals surface area contributed by atoms with Gasteiger partial charge in [-0.05, 0) is 56.3 Å². The number of aromatic nitrogens is 2. The van der Waals surface area contributed by atoms with Crippen molar-refractivity contribution >= 4 is 11.7 Å². The molecule has 0 radical (unpaired) electrons. The Morgan fingerprint density at radius 2 is 1.67 bits per heavy atom. The number of hydrogen-bond donors (Lipinski definition) is 2. The van der Waals surface area contributed by atoms with E-state index in [9.17, 15) is 22.4 Å². The Kier molecular flexibility index (Phi) is 4.52. The fraction of sp³-hybridized carbons (Fsp3) is 0.524. The molecule has 4 aliphatic rings. The van der Waals surface area contributed by atoms with Gasteiger partial charge < -0.3 is 10.6 Å². The molecular formula is C21H22F4N4O. The first-order valence-electron chi connectivity index (χ1n) is 10.2. The molecule has 2 aromatic rings. The van der Waals surface area contributed by atoms with Gasteiger partial charge in [0.2, 0.25) is 0 Å². The smallest absolute Gasteiger partial charge is 0.319 e. The second kappa shape index (κ2) is 6.99. The van der Waals surface area contributed by atoms with Gasteiger partial charge in [-0.3, -0.25) is 4.68 Å². The summed E-state index contributed by atoms with van der Waals surface area (Å²) in [5.74, 6) is -4.02. The summed E-state index contributed by atoms with van der Waals surface area (Å²) in [7, 11) is 0. The predicted molar refractivity (Wildman–Crippen MR) is 101 cm³/mol. The van der Waals surface area contributed by atoms with Crippen LogP contribution in [0.15, 0.2) is 18.5 Å². The minimum atomic E-state index is -1.73. The maximum absolute atomic E-state index is 13.9. The van der Waals surface area contributed by atoms with E-state index in [1.807, 2.05) is 0 Å². The number of amides is 2. The summed E-state index contributed by atoms with van der Waals surface area (Å²) in [5, 5.41) is 9.83. The number of rotatable bonds is 4. The molecule has 9 heteroatoms. The van der Waals surface area contributed by atoms with Crippen molar-refractivity contribution in [3.63, 3.8) is 0 Å². The van der Waals surface area contributed by atoms with E-state index < -0.39 is 35.4 Å². The van der Waals surface area contributed by atoms with E-state index in [-0.39, 0.29) is 11.6 Å². The Bertz CT molecular complexity index is 970. The number of hydrogen-bond acceptors (Lipinski definition) is 2. The van der Waals surface area contributed by atoms with Crippen molar-refractivity contribution in [2.75, 3.05) is 5.32 Å². The van der Waals surface area contributed by atoms with Crippen molar-refractivity contribution in [1.29, 1.82) is 0 Å². The van der Waals surface area contributed by atoms with E-state index in [1.54, 1.807) is 0 Å². The van der Waals surface area contributed by atoms with E-state index in [0.717, 1.165) is 23.9 Å². The summed E-state index contributed by atoms with van der Waals surface area (Å²) in [6.07, 6.45) is 9.58. The lowest BCUT2D eigenvalue weighted by Gasteiger charge is -2.56. The molecule has 4 aliphatic carbocycles. The zero-order valence-corrected chi connectivity index (χ0v) is 16.2. The Morgan fingerprint density at radius 1 is 1.03 bits per heavy atom. The molecule has 4 saturated carbocycles. The SMILES string of the molecule is O=C(Nc1cnn(Cc2c(F)cc(F)c(F)c2F)c1)NC12CC3CC(CC(C3)C1)C2. The first-order valence-corrected chi connectivity index (χ1v) is 10.2. The van der Waals surface area contributed by atoms with Crippen molar-refractivity contribution in [2.45, 2.75) is 50.6 Å². The highest BCUT2D eigenvalue weighted by atomic mass is 19.2. The molecule has 1 aromatic carbocycles. The average Bonchev–Trinajstić information content (AvgIpc) is 3.08. The lowest BCUT2D eigenvalue weighted by molar-refractivity contribution is -0.0127. The number of anilines is 1. The van der Waals surface area contributed by atoms with Crippen LogP contribution in [0.25, 0.3) is 0 Å². The highest BCUT2D eigenvalue weighted by Gasteiger charge is 2.51. The van der Waals surface area contributed by atoms with Crippen LogP contribution in [-0.2, 0) is 6.54 Å². The number of halogens is 4. The van der Waals surface area contributed by atoms with Crippen molar-refractivity contribution in [3.8, 4) is 0 Å². The van der Waals surface area contributed by atoms with Crippen molar-refractivity contribution < 1.29 is 22.4 Å². The zero-order chi connectivity index (χ0) is 21.0. The summed E-state index contributed by atoms with van der Waals surface area (Å²) in [4.78, 5) is 12.6. The third-order valence-corrected chi connectivity index (χ3v) is 6.84. The number of benzene rings is 1. The van der Waals surface area contributed by atoms with E-state index in [4.69, 9.17) is 0 Å². The molecule has 2 amide bonds. The number of nitrogens with one attached hydrogen (secondary N) is 2. The van der Waals surface area contributed by atoms with Crippen LogP contribution in [0, 0.1) is 41.0 Å². The summed E-state index contributed by atoms with van der Waals surface area (Å²) in [6, 6.07) is -0.0308. The largest absolute Gasteiger partial charge is 0.332 e. The van der Waals surface area contributed by atoms with Gasteiger partial charge in [-0.15, -0.1) is 0 Å². The highest BCUT2D eigenvalue weighted by molar-refractivity contribution is 5.89. The van der Waals surface area contributed by atoms with Crippen LogP contribution in [0.2, 0.25) is 0 Å². The monoisotopic (exact) mass is 422 g/mol. The summed E-state index contributed by atoms with van der Waals surface area (Å²) in [6.45, 7) is -0.437. The minimum Gasteiger partial charge on any atom is -0.332 e. The standard InChI is InChI=1S/C21H22F4N4O/c22-16-4-17(23)19(25)18(24)15(16)10-29-9-14(8-26-29)27-20(30)28-21-5-11-1-12(6-21)3-13(2-11)7-21/h4,8-9,11-13H,1-3,5-7,10H2,(H2,27,28,30). The van der Waals surface area contributed by atoms with Crippen LogP contribution in [-0.4, -0.2) is 21.4 Å². The van der Waals surface area contributed by atoms with E-state index >= 15 is 0 Å². The van der Waals surface area contributed by atoms with E-state index in [0.29, 0.717) is 29.5 Å². The Hall–Kier alpha value is -2.58. The molecule has 1 heterocycles. The van der Waals surface area contributed by atoms with Crippen molar-refractivity contribution in [3.05, 3.63) is 47.3 Å². The fourth-order valence-corrected chi connectivity index (χ4v) is 6.09. The van der Waals surface area contributed by atoms with Crippen LogP contribution in [0.3, 0.4) is 0 Å². The molecule has 6 rings (SSSR count). The van der Waals surface area contributed by atoms with Gasteiger partial charge in [0.25, 0.3) is 0 Å². The predicted octanol–water partition coefficient (Wildman–Crippen LogP) is 4.58. The molecule has 0 aliphatic heterocycles. The molecule has 2 N–H and O–H groups in total. The maximum atomic E-state index is 13.9. The molecule has 0 unspecified atom stereocenters. The molecule has 1 aromatic heterocycles. The van der Waals surface area contributed by atoms with Crippen LogP contribution in [0.4, 0.5) is 28.0 Å². The normalized spacial score (nSPS) is 29.3. The highest BCUT2D eigenvalue weighted by Crippen LogP contribution is 2.55. The molecule has 4 fully saturated rings. The van der Waals surface area contributed by atoms with E-state index in [1.165, 1.54) is 31.7 Å². The van der Waals surface area contributed by atoms with Gasteiger partial charge in [-0.1, -0.05) is 0 Å². The van der Waals surface area contributed by atoms with Gasteiger partial charge in [0.15, 0.2) is 17.5 Å². The maximum Gasteiger partial charge on any atom is 0.319 e. The van der Waals surface area contributed by atoms with Gasteiger partial charge in [0.05, 0.1) is 18.4 Å². The molecule has 5 nitrogen and oxygen atoms in total. The second-order valence-electron chi connectivity index (χ2n) is 9.15. The first-order chi connectivity index (χ1) is 14.3. The lowest BCUT2D eigenvalue weighted by Crippen LogP contribution is -2.60. The molecule has 30 heavy (non-hydrogen) atoms. The van der Waals surface area contributed by atoms with Crippen LogP contribution < -0.4 is 10.6 Å². The Labute approximate surface area is 170 Å². The van der Waals surface area contributed by atoms with E-state index in [2.05, 4.69) is 15.7 Å². The van der Waals surface area contributed by atoms with Gasteiger partial charge in [-0.2, -0.15) is 5.10 Å². The summed E-state index contributed by atoms with van der Waals surface area (Å²) in [5.41, 5.74) is -0.436.